The van der Waals surface area contributed by atoms with Gasteiger partial charge in [0, 0.05) is 23.5 Å². The largest absolute Gasteiger partial charge is 0.573 e. The number of carbonyl (C=O) groups is 1. The zero-order valence-electron chi connectivity index (χ0n) is 12.3. The Morgan fingerprint density at radius 1 is 1.29 bits per heavy atom. The van der Waals surface area contributed by atoms with E-state index in [9.17, 15) is 18.0 Å². The van der Waals surface area contributed by atoms with Gasteiger partial charge < -0.3 is 10.1 Å². The third-order valence-corrected chi connectivity index (χ3v) is 3.28. The second-order valence-corrected chi connectivity index (χ2v) is 4.88. The van der Waals surface area contributed by atoms with E-state index in [1.165, 1.54) is 36.0 Å². The van der Waals surface area contributed by atoms with Gasteiger partial charge in [-0.2, -0.15) is 5.10 Å². The Morgan fingerprint density at radius 2 is 2.08 bits per heavy atom. The molecule has 0 unspecified atom stereocenters. The Morgan fingerprint density at radius 3 is 2.83 bits per heavy atom. The van der Waals surface area contributed by atoms with Crippen molar-refractivity contribution < 1.29 is 22.7 Å². The van der Waals surface area contributed by atoms with Gasteiger partial charge in [-0.05, 0) is 25.1 Å². The van der Waals surface area contributed by atoms with Crippen LogP contribution in [-0.2, 0) is 0 Å². The molecule has 124 valence electrons. The molecule has 0 aliphatic heterocycles. The van der Waals surface area contributed by atoms with Crippen LogP contribution in [0, 0.1) is 6.92 Å². The smallest absolute Gasteiger partial charge is 0.405 e. The Bertz CT molecular complexity index is 905. The van der Waals surface area contributed by atoms with Gasteiger partial charge in [-0.25, -0.2) is 9.50 Å². The van der Waals surface area contributed by atoms with E-state index in [-0.39, 0.29) is 11.1 Å². The molecule has 0 radical (unpaired) electrons. The zero-order chi connectivity index (χ0) is 17.3. The highest BCUT2D eigenvalue weighted by molar-refractivity contribution is 6.07. The number of ether oxygens (including phenoxy) is 1. The van der Waals surface area contributed by atoms with E-state index in [0.29, 0.717) is 11.3 Å². The van der Waals surface area contributed by atoms with Crippen LogP contribution in [-0.4, -0.2) is 26.9 Å². The van der Waals surface area contributed by atoms with Crippen LogP contribution >= 0.6 is 0 Å². The molecule has 1 N–H and O–H groups in total. The minimum absolute atomic E-state index is 0.0621. The van der Waals surface area contributed by atoms with Gasteiger partial charge >= 0.3 is 6.36 Å². The standard InChI is InChI=1S/C15H11F3N4O2/c1-9-10(4-2-5-12(9)24-15(16,17)18)14(23)21-11-8-20-22-7-3-6-19-13(11)22/h2-8H,1H3,(H,21,23). The molecule has 0 aliphatic carbocycles. The molecule has 9 heteroatoms. The number of nitrogens with one attached hydrogen (secondary N) is 1. The first-order chi connectivity index (χ1) is 11.3. The van der Waals surface area contributed by atoms with Gasteiger partial charge in [0.25, 0.3) is 5.91 Å². The molecule has 0 fully saturated rings. The van der Waals surface area contributed by atoms with Gasteiger partial charge in [-0.3, -0.25) is 4.79 Å². The molecular formula is C15H11F3N4O2. The average Bonchev–Trinajstić information content (AvgIpc) is 2.91. The molecule has 0 saturated heterocycles. The molecule has 24 heavy (non-hydrogen) atoms. The van der Waals surface area contributed by atoms with Crippen molar-refractivity contribution in [3.8, 4) is 5.75 Å². The summed E-state index contributed by atoms with van der Waals surface area (Å²) in [5, 5.41) is 6.61. The quantitative estimate of drug-likeness (QED) is 0.797. The van der Waals surface area contributed by atoms with E-state index in [2.05, 4.69) is 20.1 Å². The van der Waals surface area contributed by atoms with E-state index in [1.54, 1.807) is 12.3 Å². The number of nitrogens with zero attached hydrogens (tertiary/aromatic N) is 3. The maximum atomic E-state index is 12.4. The first-order valence-corrected chi connectivity index (χ1v) is 6.80. The van der Waals surface area contributed by atoms with Crippen molar-refractivity contribution in [2.75, 3.05) is 5.32 Å². The fourth-order valence-corrected chi connectivity index (χ4v) is 2.20. The minimum atomic E-state index is -4.83. The first kappa shape index (κ1) is 15.8. The van der Waals surface area contributed by atoms with Crippen molar-refractivity contribution in [2.45, 2.75) is 13.3 Å². The highest BCUT2D eigenvalue weighted by Gasteiger charge is 2.32. The third-order valence-electron chi connectivity index (χ3n) is 3.28. The molecule has 2 aromatic heterocycles. The number of benzene rings is 1. The fourth-order valence-electron chi connectivity index (χ4n) is 2.20. The lowest BCUT2D eigenvalue weighted by atomic mass is 10.1. The van der Waals surface area contributed by atoms with E-state index >= 15 is 0 Å². The van der Waals surface area contributed by atoms with Crippen LogP contribution in [0.4, 0.5) is 18.9 Å². The summed E-state index contributed by atoms with van der Waals surface area (Å²) < 4.78 is 42.6. The SMILES string of the molecule is Cc1c(OC(F)(F)F)cccc1C(=O)Nc1cnn2cccnc12. The van der Waals surface area contributed by atoms with Crippen molar-refractivity contribution >= 4 is 17.2 Å². The lowest BCUT2D eigenvalue weighted by molar-refractivity contribution is -0.274. The van der Waals surface area contributed by atoms with Crippen LogP contribution in [0.2, 0.25) is 0 Å². The summed E-state index contributed by atoms with van der Waals surface area (Å²) in [7, 11) is 0. The van der Waals surface area contributed by atoms with Gasteiger partial charge in [0.05, 0.1) is 6.20 Å². The number of anilines is 1. The van der Waals surface area contributed by atoms with Gasteiger partial charge in [0.1, 0.15) is 11.4 Å². The lowest BCUT2D eigenvalue weighted by Crippen LogP contribution is -2.19. The molecule has 3 rings (SSSR count). The summed E-state index contributed by atoms with van der Waals surface area (Å²) >= 11 is 0. The lowest BCUT2D eigenvalue weighted by Gasteiger charge is -2.13. The van der Waals surface area contributed by atoms with Crippen LogP contribution in [0.3, 0.4) is 0 Å². The van der Waals surface area contributed by atoms with E-state index in [0.717, 1.165) is 6.07 Å². The van der Waals surface area contributed by atoms with Gasteiger partial charge in [0.2, 0.25) is 0 Å². The summed E-state index contributed by atoms with van der Waals surface area (Å²) in [6.07, 6.45) is -0.228. The molecule has 0 bridgehead atoms. The number of alkyl halides is 3. The predicted octanol–water partition coefficient (Wildman–Crippen LogP) is 3.19. The summed E-state index contributed by atoms with van der Waals surface area (Å²) in [5.74, 6) is -1.01. The van der Waals surface area contributed by atoms with Crippen molar-refractivity contribution in [3.05, 3.63) is 54.0 Å². The number of carbonyl (C=O) groups excluding carboxylic acids is 1. The van der Waals surface area contributed by atoms with Crippen molar-refractivity contribution in [2.24, 2.45) is 0 Å². The van der Waals surface area contributed by atoms with Crippen molar-refractivity contribution in [3.63, 3.8) is 0 Å². The number of hydrogen-bond donors (Lipinski definition) is 1. The van der Waals surface area contributed by atoms with Gasteiger partial charge in [-0.1, -0.05) is 6.07 Å². The second-order valence-electron chi connectivity index (χ2n) is 4.88. The highest BCUT2D eigenvalue weighted by Crippen LogP contribution is 2.28. The predicted molar refractivity (Wildman–Crippen MR) is 78.8 cm³/mol. The van der Waals surface area contributed by atoms with Crippen molar-refractivity contribution in [1.82, 2.24) is 14.6 Å². The molecule has 0 atom stereocenters. The molecule has 3 aromatic rings. The van der Waals surface area contributed by atoms with Crippen LogP contribution in [0.25, 0.3) is 5.65 Å². The van der Waals surface area contributed by atoms with Crippen LogP contribution in [0.1, 0.15) is 15.9 Å². The van der Waals surface area contributed by atoms with E-state index in [1.807, 2.05) is 0 Å². The number of fused-ring (bicyclic) bond motifs is 1. The third kappa shape index (κ3) is 3.14. The first-order valence-electron chi connectivity index (χ1n) is 6.80. The monoisotopic (exact) mass is 336 g/mol. The molecule has 0 saturated carbocycles. The minimum Gasteiger partial charge on any atom is -0.405 e. The number of halogens is 3. The second kappa shape index (κ2) is 5.84. The van der Waals surface area contributed by atoms with Crippen LogP contribution < -0.4 is 10.1 Å². The Balaban J connectivity index is 1.89. The van der Waals surface area contributed by atoms with Crippen LogP contribution in [0.5, 0.6) is 5.75 Å². The Hall–Kier alpha value is -3.10. The average molecular weight is 336 g/mol. The highest BCUT2D eigenvalue weighted by atomic mass is 19.4. The van der Waals surface area contributed by atoms with E-state index in [4.69, 9.17) is 0 Å². The normalized spacial score (nSPS) is 11.5. The summed E-state index contributed by atoms with van der Waals surface area (Å²) in [4.78, 5) is 16.5. The number of rotatable bonds is 3. The number of hydrogen-bond acceptors (Lipinski definition) is 4. The Kier molecular flexibility index (Phi) is 3.84. The molecule has 2 heterocycles. The summed E-state index contributed by atoms with van der Waals surface area (Å²) in [5.41, 5.74) is 0.914. The van der Waals surface area contributed by atoms with E-state index < -0.39 is 18.0 Å². The molecular weight excluding hydrogens is 325 g/mol. The molecule has 1 aromatic carbocycles. The molecule has 0 spiro atoms. The maximum absolute atomic E-state index is 12.4. The molecule has 1 amide bonds. The number of aromatic nitrogens is 3. The van der Waals surface area contributed by atoms with Gasteiger partial charge in [-0.15, -0.1) is 13.2 Å². The Labute approximate surface area is 133 Å². The summed E-state index contributed by atoms with van der Waals surface area (Å²) in [6, 6.07) is 5.55. The summed E-state index contributed by atoms with van der Waals surface area (Å²) in [6.45, 7) is 1.38. The topological polar surface area (TPSA) is 68.5 Å². The molecule has 6 nitrogen and oxygen atoms in total. The van der Waals surface area contributed by atoms with Crippen molar-refractivity contribution in [1.29, 1.82) is 0 Å². The zero-order valence-corrected chi connectivity index (χ0v) is 12.3. The fraction of sp³-hybridized carbons (Fsp3) is 0.133. The number of amides is 1. The molecule has 0 aliphatic rings. The van der Waals surface area contributed by atoms with Gasteiger partial charge in [0.15, 0.2) is 5.65 Å². The maximum Gasteiger partial charge on any atom is 0.573 e. The van der Waals surface area contributed by atoms with Crippen LogP contribution in [0.15, 0.2) is 42.9 Å².